The number of anilines is 1. The Morgan fingerprint density at radius 1 is 1.47 bits per heavy atom. The third kappa shape index (κ3) is 2.99. The molecule has 0 spiro atoms. The highest BCUT2D eigenvalue weighted by Gasteiger charge is 2.17. The summed E-state index contributed by atoms with van der Waals surface area (Å²) in [6.07, 6.45) is 5.15. The van der Waals surface area contributed by atoms with Gasteiger partial charge in [0, 0.05) is 11.3 Å². The first-order valence-electron chi connectivity index (χ1n) is 6.20. The molecule has 0 radical (unpaired) electrons. The number of nitrogens with two attached hydrogens (primary N) is 1. The van der Waals surface area contributed by atoms with Crippen molar-refractivity contribution in [1.82, 2.24) is 0 Å². The lowest BCUT2D eigenvalue weighted by molar-refractivity contribution is 0.101. The van der Waals surface area contributed by atoms with Crippen molar-refractivity contribution >= 4 is 11.5 Å². The molecule has 0 bridgehead atoms. The monoisotopic (exact) mass is 233 g/mol. The van der Waals surface area contributed by atoms with Crippen LogP contribution < -0.4 is 10.5 Å². The molecule has 92 valence electrons. The van der Waals surface area contributed by atoms with E-state index in [-0.39, 0.29) is 5.78 Å². The van der Waals surface area contributed by atoms with Crippen LogP contribution in [0.1, 0.15) is 43.0 Å². The number of hydrogen-bond acceptors (Lipinski definition) is 3. The van der Waals surface area contributed by atoms with Crippen LogP contribution in [0.2, 0.25) is 0 Å². The minimum Gasteiger partial charge on any atom is -0.494 e. The Labute approximate surface area is 102 Å². The van der Waals surface area contributed by atoms with Crippen LogP contribution in [-0.2, 0) is 0 Å². The first-order chi connectivity index (χ1) is 8.16. The summed E-state index contributed by atoms with van der Waals surface area (Å²) in [4.78, 5) is 11.3. The summed E-state index contributed by atoms with van der Waals surface area (Å²) in [7, 11) is 0. The molecule has 3 heteroatoms. The molecule has 1 saturated carbocycles. The molecular formula is C14H19NO2. The molecule has 17 heavy (non-hydrogen) atoms. The molecule has 1 aromatic carbocycles. The molecule has 1 fully saturated rings. The fraction of sp³-hybridized carbons (Fsp3) is 0.500. The molecule has 0 amide bonds. The van der Waals surface area contributed by atoms with E-state index in [1.165, 1.54) is 26.2 Å². The van der Waals surface area contributed by atoms with E-state index in [0.717, 1.165) is 24.7 Å². The first kappa shape index (κ1) is 12.0. The van der Waals surface area contributed by atoms with E-state index < -0.39 is 0 Å². The summed E-state index contributed by atoms with van der Waals surface area (Å²) in [6.45, 7) is 2.25. The van der Waals surface area contributed by atoms with Gasteiger partial charge in [-0.2, -0.15) is 0 Å². The Morgan fingerprint density at radius 2 is 2.24 bits per heavy atom. The van der Waals surface area contributed by atoms with Gasteiger partial charge in [-0.1, -0.05) is 19.3 Å². The summed E-state index contributed by atoms with van der Waals surface area (Å²) in [5, 5.41) is 0. The average molecular weight is 233 g/mol. The van der Waals surface area contributed by atoms with E-state index in [9.17, 15) is 4.79 Å². The summed E-state index contributed by atoms with van der Waals surface area (Å²) < 4.78 is 5.65. The maximum atomic E-state index is 11.3. The molecule has 1 aliphatic carbocycles. The topological polar surface area (TPSA) is 52.3 Å². The number of carbonyl (C=O) groups is 1. The van der Waals surface area contributed by atoms with Crippen molar-refractivity contribution in [3.05, 3.63) is 23.8 Å². The van der Waals surface area contributed by atoms with Crippen LogP contribution in [0.25, 0.3) is 0 Å². The smallest absolute Gasteiger partial charge is 0.162 e. The largest absolute Gasteiger partial charge is 0.494 e. The number of ketones is 1. The molecule has 2 rings (SSSR count). The quantitative estimate of drug-likeness (QED) is 0.628. The van der Waals surface area contributed by atoms with Crippen LogP contribution >= 0.6 is 0 Å². The zero-order valence-electron chi connectivity index (χ0n) is 10.2. The molecule has 2 N–H and O–H groups in total. The van der Waals surface area contributed by atoms with Crippen LogP contribution in [0, 0.1) is 5.92 Å². The molecule has 1 aromatic rings. The molecule has 3 nitrogen and oxygen atoms in total. The van der Waals surface area contributed by atoms with Crippen molar-refractivity contribution < 1.29 is 9.53 Å². The van der Waals surface area contributed by atoms with Crippen LogP contribution in [0.15, 0.2) is 18.2 Å². The van der Waals surface area contributed by atoms with Crippen LogP contribution in [0.3, 0.4) is 0 Å². The third-order valence-corrected chi connectivity index (χ3v) is 3.42. The predicted octanol–water partition coefficient (Wildman–Crippen LogP) is 3.04. The summed E-state index contributed by atoms with van der Waals surface area (Å²) >= 11 is 0. The zero-order chi connectivity index (χ0) is 12.3. The van der Waals surface area contributed by atoms with E-state index >= 15 is 0 Å². The number of carbonyl (C=O) groups excluding carboxylic acids is 1. The maximum absolute atomic E-state index is 11.3. The van der Waals surface area contributed by atoms with Crippen molar-refractivity contribution in [2.24, 2.45) is 5.92 Å². The Hall–Kier alpha value is -1.51. The Kier molecular flexibility index (Phi) is 3.67. The summed E-state index contributed by atoms with van der Waals surface area (Å²) in [6, 6.07) is 5.29. The predicted molar refractivity (Wildman–Crippen MR) is 68.3 cm³/mol. The van der Waals surface area contributed by atoms with Gasteiger partial charge >= 0.3 is 0 Å². The van der Waals surface area contributed by atoms with Gasteiger partial charge in [0.15, 0.2) is 5.78 Å². The molecule has 0 atom stereocenters. The number of rotatable bonds is 5. The number of benzene rings is 1. The second-order valence-electron chi connectivity index (χ2n) is 4.74. The van der Waals surface area contributed by atoms with Gasteiger partial charge in [0.05, 0.1) is 6.61 Å². The molecule has 0 aromatic heterocycles. The highest BCUT2D eigenvalue weighted by molar-refractivity contribution is 5.99. The van der Waals surface area contributed by atoms with Crippen molar-refractivity contribution in [1.29, 1.82) is 0 Å². The lowest BCUT2D eigenvalue weighted by atomic mass is 9.83. The standard InChI is InChI=1S/C14H19NO2/c1-10(16)13-9-12(5-6-14(13)15)17-8-7-11-3-2-4-11/h5-6,9,11H,2-4,7-8,15H2,1H3. The molecule has 1 aliphatic rings. The fourth-order valence-electron chi connectivity index (χ4n) is 2.05. The minimum atomic E-state index is -0.0213. The van der Waals surface area contributed by atoms with Crippen LogP contribution in [-0.4, -0.2) is 12.4 Å². The second-order valence-corrected chi connectivity index (χ2v) is 4.74. The molecular weight excluding hydrogens is 214 g/mol. The molecule has 0 heterocycles. The lowest BCUT2D eigenvalue weighted by Gasteiger charge is -2.25. The van der Waals surface area contributed by atoms with E-state index in [4.69, 9.17) is 10.5 Å². The Morgan fingerprint density at radius 3 is 2.82 bits per heavy atom. The fourth-order valence-corrected chi connectivity index (χ4v) is 2.05. The van der Waals surface area contributed by atoms with Gasteiger partial charge < -0.3 is 10.5 Å². The van der Waals surface area contributed by atoms with Crippen LogP contribution in [0.4, 0.5) is 5.69 Å². The van der Waals surface area contributed by atoms with Gasteiger partial charge in [-0.05, 0) is 37.5 Å². The average Bonchev–Trinajstić information content (AvgIpc) is 2.23. The highest BCUT2D eigenvalue weighted by atomic mass is 16.5. The number of Topliss-reactive ketones (excluding diaryl/α,β-unsaturated/α-hetero) is 1. The normalized spacial score (nSPS) is 15.4. The number of ether oxygens (including phenoxy) is 1. The SMILES string of the molecule is CC(=O)c1cc(OCCC2CCC2)ccc1N. The third-order valence-electron chi connectivity index (χ3n) is 3.42. The minimum absolute atomic E-state index is 0.0213. The first-order valence-corrected chi connectivity index (χ1v) is 6.20. The maximum Gasteiger partial charge on any atom is 0.162 e. The van der Waals surface area contributed by atoms with E-state index in [2.05, 4.69) is 0 Å². The van der Waals surface area contributed by atoms with Gasteiger partial charge in [-0.15, -0.1) is 0 Å². The van der Waals surface area contributed by atoms with Gasteiger partial charge in [-0.25, -0.2) is 0 Å². The van der Waals surface area contributed by atoms with Crippen molar-refractivity contribution in [2.75, 3.05) is 12.3 Å². The number of hydrogen-bond donors (Lipinski definition) is 1. The highest BCUT2D eigenvalue weighted by Crippen LogP contribution is 2.29. The van der Waals surface area contributed by atoms with Gasteiger partial charge in [0.1, 0.15) is 5.75 Å². The molecule has 0 saturated heterocycles. The van der Waals surface area contributed by atoms with Gasteiger partial charge in [0.2, 0.25) is 0 Å². The molecule has 0 unspecified atom stereocenters. The lowest BCUT2D eigenvalue weighted by Crippen LogP contribution is -2.14. The Bertz CT molecular complexity index is 411. The second kappa shape index (κ2) is 5.21. The Balaban J connectivity index is 1.91. The van der Waals surface area contributed by atoms with E-state index in [1.807, 2.05) is 6.07 Å². The summed E-state index contributed by atoms with van der Waals surface area (Å²) in [5.74, 6) is 1.56. The van der Waals surface area contributed by atoms with E-state index in [1.54, 1.807) is 12.1 Å². The zero-order valence-corrected chi connectivity index (χ0v) is 10.2. The van der Waals surface area contributed by atoms with Crippen molar-refractivity contribution in [2.45, 2.75) is 32.6 Å². The van der Waals surface area contributed by atoms with Gasteiger partial charge in [0.25, 0.3) is 0 Å². The van der Waals surface area contributed by atoms with E-state index in [0.29, 0.717) is 11.3 Å². The summed E-state index contributed by atoms with van der Waals surface area (Å²) in [5.41, 5.74) is 6.79. The van der Waals surface area contributed by atoms with Gasteiger partial charge in [-0.3, -0.25) is 4.79 Å². The van der Waals surface area contributed by atoms with Crippen LogP contribution in [0.5, 0.6) is 5.75 Å². The molecule has 0 aliphatic heterocycles. The van der Waals surface area contributed by atoms with Crippen molar-refractivity contribution in [3.8, 4) is 5.75 Å². The van der Waals surface area contributed by atoms with Crippen molar-refractivity contribution in [3.63, 3.8) is 0 Å². The number of nitrogen functional groups attached to an aromatic ring is 1.